The second kappa shape index (κ2) is 7.01. The summed E-state index contributed by atoms with van der Waals surface area (Å²) in [6.07, 6.45) is 2.97. The summed E-state index contributed by atoms with van der Waals surface area (Å²) in [5.41, 5.74) is 1.56. The minimum atomic E-state index is -1.05. The zero-order valence-corrected chi connectivity index (χ0v) is 13.7. The summed E-state index contributed by atoms with van der Waals surface area (Å²) in [5, 5.41) is 9.61. The van der Waals surface area contributed by atoms with E-state index in [4.69, 9.17) is 16.7 Å². The van der Waals surface area contributed by atoms with E-state index in [0.717, 1.165) is 17.9 Å². The lowest BCUT2D eigenvalue weighted by Gasteiger charge is -2.32. The molecule has 2 aromatic rings. The van der Waals surface area contributed by atoms with Crippen LogP contribution in [0.2, 0.25) is 5.02 Å². The number of halogens is 1. The zero-order chi connectivity index (χ0) is 17.1. The molecule has 2 heterocycles. The first-order chi connectivity index (χ1) is 11.5. The highest BCUT2D eigenvalue weighted by Gasteiger charge is 2.25. The van der Waals surface area contributed by atoms with Crippen LogP contribution in [0.4, 0.5) is 0 Å². The molecular formula is C18H17ClN2O3. The van der Waals surface area contributed by atoms with Gasteiger partial charge in [-0.05, 0) is 48.6 Å². The topological polar surface area (TPSA) is 70.5 Å². The van der Waals surface area contributed by atoms with Gasteiger partial charge in [-0.2, -0.15) is 0 Å². The summed E-state index contributed by atoms with van der Waals surface area (Å²) in [5.74, 6) is -0.810. The van der Waals surface area contributed by atoms with E-state index in [0.29, 0.717) is 19.0 Å². The van der Waals surface area contributed by atoms with Gasteiger partial charge in [0.1, 0.15) is 5.69 Å². The van der Waals surface area contributed by atoms with Crippen molar-refractivity contribution in [3.63, 3.8) is 0 Å². The predicted molar refractivity (Wildman–Crippen MR) is 90.5 cm³/mol. The molecular weight excluding hydrogens is 328 g/mol. The van der Waals surface area contributed by atoms with Crippen LogP contribution >= 0.6 is 11.6 Å². The van der Waals surface area contributed by atoms with Crippen LogP contribution in [-0.2, 0) is 0 Å². The average Bonchev–Trinajstić information content (AvgIpc) is 2.61. The maximum atomic E-state index is 12.5. The fourth-order valence-corrected chi connectivity index (χ4v) is 3.18. The van der Waals surface area contributed by atoms with E-state index < -0.39 is 5.97 Å². The van der Waals surface area contributed by atoms with Crippen molar-refractivity contribution in [1.82, 2.24) is 9.88 Å². The summed E-state index contributed by atoms with van der Waals surface area (Å²) in [6.45, 7) is 1.30. The Labute approximate surface area is 144 Å². The third-order valence-electron chi connectivity index (χ3n) is 4.33. The van der Waals surface area contributed by atoms with Crippen LogP contribution in [-0.4, -0.2) is 40.0 Å². The fourth-order valence-electron chi connectivity index (χ4n) is 2.99. The van der Waals surface area contributed by atoms with Crippen molar-refractivity contribution in [1.29, 1.82) is 0 Å². The largest absolute Gasteiger partial charge is 0.478 e. The molecule has 6 heteroatoms. The molecule has 1 aromatic heterocycles. The fraction of sp³-hybridized carbons (Fsp3) is 0.278. The van der Waals surface area contributed by atoms with E-state index in [1.807, 2.05) is 18.2 Å². The molecule has 124 valence electrons. The molecule has 1 aliphatic rings. The van der Waals surface area contributed by atoms with Crippen LogP contribution in [0.25, 0.3) is 0 Å². The Morgan fingerprint density at radius 2 is 1.92 bits per heavy atom. The SMILES string of the molecule is O=C(O)c1ccc(C(=O)N2CCC(c3cccc(Cl)c3)CC2)nc1. The maximum Gasteiger partial charge on any atom is 0.337 e. The Bertz CT molecular complexity index is 753. The molecule has 1 fully saturated rings. The van der Waals surface area contributed by atoms with Crippen LogP contribution in [0.3, 0.4) is 0 Å². The first kappa shape index (κ1) is 16.5. The standard InChI is InChI=1S/C18H17ClN2O3/c19-15-3-1-2-13(10-15)12-6-8-21(9-7-12)17(22)16-5-4-14(11-20-16)18(23)24/h1-5,10-12H,6-9H2,(H,23,24). The van der Waals surface area contributed by atoms with E-state index >= 15 is 0 Å². The highest BCUT2D eigenvalue weighted by atomic mass is 35.5. The van der Waals surface area contributed by atoms with Gasteiger partial charge in [0.05, 0.1) is 5.56 Å². The monoisotopic (exact) mass is 344 g/mol. The van der Waals surface area contributed by atoms with Gasteiger partial charge in [0.15, 0.2) is 0 Å². The molecule has 0 atom stereocenters. The van der Waals surface area contributed by atoms with Crippen molar-refractivity contribution >= 4 is 23.5 Å². The van der Waals surface area contributed by atoms with Crippen LogP contribution in [0, 0.1) is 0 Å². The van der Waals surface area contributed by atoms with Crippen molar-refractivity contribution < 1.29 is 14.7 Å². The summed E-state index contributed by atoms with van der Waals surface area (Å²) in [6, 6.07) is 10.7. The van der Waals surface area contributed by atoms with Gasteiger partial charge in [-0.3, -0.25) is 9.78 Å². The van der Waals surface area contributed by atoms with Gasteiger partial charge in [0.25, 0.3) is 5.91 Å². The van der Waals surface area contributed by atoms with Gasteiger partial charge >= 0.3 is 5.97 Å². The van der Waals surface area contributed by atoms with Gasteiger partial charge in [-0.1, -0.05) is 23.7 Å². The summed E-state index contributed by atoms with van der Waals surface area (Å²) >= 11 is 6.04. The van der Waals surface area contributed by atoms with Crippen molar-refractivity contribution in [3.05, 3.63) is 64.4 Å². The van der Waals surface area contributed by atoms with Crippen molar-refractivity contribution in [2.45, 2.75) is 18.8 Å². The minimum Gasteiger partial charge on any atom is -0.478 e. The number of carbonyl (C=O) groups excluding carboxylic acids is 1. The number of piperidine rings is 1. The Kier molecular flexibility index (Phi) is 4.81. The molecule has 1 N–H and O–H groups in total. The smallest absolute Gasteiger partial charge is 0.337 e. The normalized spacial score (nSPS) is 15.3. The maximum absolute atomic E-state index is 12.5. The van der Waals surface area contributed by atoms with Crippen molar-refractivity contribution in [2.24, 2.45) is 0 Å². The second-order valence-corrected chi connectivity index (χ2v) is 6.30. The lowest BCUT2D eigenvalue weighted by Crippen LogP contribution is -2.38. The number of aromatic nitrogens is 1. The molecule has 24 heavy (non-hydrogen) atoms. The summed E-state index contributed by atoms with van der Waals surface area (Å²) < 4.78 is 0. The molecule has 1 saturated heterocycles. The second-order valence-electron chi connectivity index (χ2n) is 5.86. The molecule has 0 spiro atoms. The number of carboxylic acids is 1. The van der Waals surface area contributed by atoms with Gasteiger partial charge in [0.2, 0.25) is 0 Å². The Balaban J connectivity index is 1.63. The quantitative estimate of drug-likeness (QED) is 0.925. The van der Waals surface area contributed by atoms with Gasteiger partial charge < -0.3 is 10.0 Å². The first-order valence-corrected chi connectivity index (χ1v) is 8.16. The van der Waals surface area contributed by atoms with E-state index in [9.17, 15) is 9.59 Å². The number of hydrogen-bond donors (Lipinski definition) is 1. The van der Waals surface area contributed by atoms with Crippen LogP contribution in [0.5, 0.6) is 0 Å². The van der Waals surface area contributed by atoms with E-state index in [1.165, 1.54) is 23.9 Å². The molecule has 0 bridgehead atoms. The first-order valence-electron chi connectivity index (χ1n) is 7.78. The number of carboxylic acid groups (broad SMARTS) is 1. The number of nitrogens with zero attached hydrogens (tertiary/aromatic N) is 2. The Morgan fingerprint density at radius 3 is 2.50 bits per heavy atom. The highest BCUT2D eigenvalue weighted by molar-refractivity contribution is 6.30. The van der Waals surface area contributed by atoms with Crippen molar-refractivity contribution in [2.75, 3.05) is 13.1 Å². The third-order valence-corrected chi connectivity index (χ3v) is 4.57. The number of benzene rings is 1. The minimum absolute atomic E-state index is 0.0752. The highest BCUT2D eigenvalue weighted by Crippen LogP contribution is 2.29. The van der Waals surface area contributed by atoms with E-state index in [-0.39, 0.29) is 17.2 Å². The molecule has 1 aromatic carbocycles. The molecule has 0 saturated carbocycles. The number of amides is 1. The summed E-state index contributed by atoms with van der Waals surface area (Å²) in [7, 11) is 0. The number of carbonyl (C=O) groups is 2. The lowest BCUT2D eigenvalue weighted by molar-refractivity contribution is 0.0685. The van der Waals surface area contributed by atoms with E-state index in [1.54, 1.807) is 4.90 Å². The van der Waals surface area contributed by atoms with Gasteiger partial charge in [0, 0.05) is 24.3 Å². The predicted octanol–water partition coefficient (Wildman–Crippen LogP) is 3.45. The van der Waals surface area contributed by atoms with Crippen LogP contribution < -0.4 is 0 Å². The third kappa shape index (κ3) is 3.57. The number of pyridine rings is 1. The molecule has 1 amide bonds. The molecule has 0 unspecified atom stereocenters. The van der Waals surface area contributed by atoms with Crippen molar-refractivity contribution in [3.8, 4) is 0 Å². The lowest BCUT2D eigenvalue weighted by atomic mass is 9.89. The number of aromatic carboxylic acids is 1. The number of hydrogen-bond acceptors (Lipinski definition) is 3. The molecule has 3 rings (SSSR count). The Hall–Kier alpha value is -2.40. The average molecular weight is 345 g/mol. The number of rotatable bonds is 3. The molecule has 1 aliphatic heterocycles. The van der Waals surface area contributed by atoms with Gasteiger partial charge in [-0.15, -0.1) is 0 Å². The van der Waals surface area contributed by atoms with E-state index in [2.05, 4.69) is 11.1 Å². The summed E-state index contributed by atoms with van der Waals surface area (Å²) in [4.78, 5) is 29.0. The number of likely N-dealkylation sites (tertiary alicyclic amines) is 1. The molecule has 5 nitrogen and oxygen atoms in total. The van der Waals surface area contributed by atoms with Crippen LogP contribution in [0.1, 0.15) is 45.2 Å². The molecule has 0 aliphatic carbocycles. The molecule has 0 radical (unpaired) electrons. The van der Waals surface area contributed by atoms with Gasteiger partial charge in [-0.25, -0.2) is 4.79 Å². The zero-order valence-electron chi connectivity index (χ0n) is 13.0. The van der Waals surface area contributed by atoms with Crippen LogP contribution in [0.15, 0.2) is 42.6 Å². The Morgan fingerprint density at radius 1 is 1.17 bits per heavy atom.